The molecule has 4 heteroatoms. The van der Waals surface area contributed by atoms with Crippen molar-refractivity contribution in [3.05, 3.63) is 70.6 Å². The highest BCUT2D eigenvalue weighted by molar-refractivity contribution is 6.30. The average Bonchev–Trinajstić information content (AvgIpc) is 2.85. The summed E-state index contributed by atoms with van der Waals surface area (Å²) in [5, 5.41) is 1.52. The lowest BCUT2D eigenvalue weighted by Gasteiger charge is -2.10. The first kappa shape index (κ1) is 13.2. The number of aromatic nitrogens is 1. The molecule has 0 fully saturated rings. The molecule has 0 saturated heterocycles. The van der Waals surface area contributed by atoms with E-state index in [-0.39, 0.29) is 5.82 Å². The summed E-state index contributed by atoms with van der Waals surface area (Å²) in [6, 6.07) is 12.8. The smallest absolute Gasteiger partial charge is 0.129 e. The molecule has 2 aromatic carbocycles. The molecule has 1 aromatic heterocycles. The summed E-state index contributed by atoms with van der Waals surface area (Å²) in [5.74, 6) is -0.287. The second-order valence-corrected chi connectivity index (χ2v) is 5.17. The number of rotatable bonds is 3. The average molecular weight is 289 g/mol. The maximum atomic E-state index is 13.9. The van der Waals surface area contributed by atoms with Gasteiger partial charge in [0.1, 0.15) is 5.82 Å². The SMILES string of the molecule is NCc1cccc2ccn(Cc3ccc(Cl)cc3F)c12. The van der Waals surface area contributed by atoms with Gasteiger partial charge in [0.15, 0.2) is 0 Å². The molecule has 102 valence electrons. The van der Waals surface area contributed by atoms with E-state index in [0.717, 1.165) is 16.5 Å². The minimum atomic E-state index is -0.287. The van der Waals surface area contributed by atoms with Crippen LogP contribution in [0.25, 0.3) is 10.9 Å². The molecule has 1 heterocycles. The van der Waals surface area contributed by atoms with Crippen LogP contribution in [0, 0.1) is 5.82 Å². The summed E-state index contributed by atoms with van der Waals surface area (Å²) < 4.78 is 15.9. The monoisotopic (exact) mass is 288 g/mol. The normalized spacial score (nSPS) is 11.2. The zero-order chi connectivity index (χ0) is 14.1. The molecule has 0 amide bonds. The zero-order valence-corrected chi connectivity index (χ0v) is 11.6. The standard InChI is InChI=1S/C16H14ClFN2/c17-14-5-4-13(15(18)8-14)10-20-7-6-11-2-1-3-12(9-19)16(11)20/h1-8H,9-10,19H2. The molecule has 0 spiro atoms. The Hall–Kier alpha value is -1.84. The first-order chi connectivity index (χ1) is 9.69. The highest BCUT2D eigenvalue weighted by Crippen LogP contribution is 2.23. The Morgan fingerprint density at radius 3 is 2.70 bits per heavy atom. The van der Waals surface area contributed by atoms with Crippen molar-refractivity contribution in [1.29, 1.82) is 0 Å². The minimum Gasteiger partial charge on any atom is -0.343 e. The van der Waals surface area contributed by atoms with Gasteiger partial charge in [-0.15, -0.1) is 0 Å². The molecule has 20 heavy (non-hydrogen) atoms. The van der Waals surface area contributed by atoms with Crippen LogP contribution in [0.5, 0.6) is 0 Å². The third-order valence-electron chi connectivity index (χ3n) is 3.45. The molecule has 0 bridgehead atoms. The Morgan fingerprint density at radius 2 is 1.95 bits per heavy atom. The van der Waals surface area contributed by atoms with Crippen molar-refractivity contribution in [2.24, 2.45) is 5.73 Å². The Bertz CT molecular complexity index is 764. The van der Waals surface area contributed by atoms with E-state index in [1.54, 1.807) is 12.1 Å². The van der Waals surface area contributed by atoms with Crippen molar-refractivity contribution in [2.75, 3.05) is 0 Å². The molecule has 3 rings (SSSR count). The van der Waals surface area contributed by atoms with E-state index in [2.05, 4.69) is 0 Å². The molecular weight excluding hydrogens is 275 g/mol. The summed E-state index contributed by atoms with van der Waals surface area (Å²) in [6.07, 6.45) is 1.96. The topological polar surface area (TPSA) is 30.9 Å². The second kappa shape index (κ2) is 5.27. The number of nitrogens with zero attached hydrogens (tertiary/aromatic N) is 1. The third kappa shape index (κ3) is 2.30. The van der Waals surface area contributed by atoms with Crippen LogP contribution in [0.15, 0.2) is 48.7 Å². The van der Waals surface area contributed by atoms with E-state index in [4.69, 9.17) is 17.3 Å². The van der Waals surface area contributed by atoms with Gasteiger partial charge < -0.3 is 10.3 Å². The van der Waals surface area contributed by atoms with Crippen LogP contribution in [-0.2, 0) is 13.1 Å². The number of hydrogen-bond donors (Lipinski definition) is 1. The summed E-state index contributed by atoms with van der Waals surface area (Å²) >= 11 is 5.78. The van der Waals surface area contributed by atoms with Crippen LogP contribution >= 0.6 is 11.6 Å². The van der Waals surface area contributed by atoms with Gasteiger partial charge in [-0.3, -0.25) is 0 Å². The molecule has 0 aliphatic carbocycles. The number of fused-ring (bicyclic) bond motifs is 1. The summed E-state index contributed by atoms with van der Waals surface area (Å²) in [5.41, 5.74) is 8.51. The second-order valence-electron chi connectivity index (χ2n) is 4.74. The number of benzene rings is 2. The highest BCUT2D eigenvalue weighted by Gasteiger charge is 2.08. The summed E-state index contributed by atoms with van der Waals surface area (Å²) in [4.78, 5) is 0. The molecule has 3 aromatic rings. The molecule has 0 atom stereocenters. The van der Waals surface area contributed by atoms with Gasteiger partial charge in [-0.25, -0.2) is 4.39 Å². The van der Waals surface area contributed by atoms with Crippen molar-refractivity contribution in [2.45, 2.75) is 13.1 Å². The van der Waals surface area contributed by atoms with Crippen LogP contribution in [0.3, 0.4) is 0 Å². The van der Waals surface area contributed by atoms with Crippen molar-refractivity contribution >= 4 is 22.5 Å². The fraction of sp³-hybridized carbons (Fsp3) is 0.125. The van der Waals surface area contributed by atoms with Crippen LogP contribution in [0.4, 0.5) is 4.39 Å². The van der Waals surface area contributed by atoms with E-state index in [1.165, 1.54) is 6.07 Å². The zero-order valence-electron chi connectivity index (χ0n) is 10.8. The van der Waals surface area contributed by atoms with Gasteiger partial charge in [0.05, 0.1) is 12.1 Å². The Kier molecular flexibility index (Phi) is 3.47. The van der Waals surface area contributed by atoms with Crippen molar-refractivity contribution in [1.82, 2.24) is 4.57 Å². The van der Waals surface area contributed by atoms with Gasteiger partial charge in [0.2, 0.25) is 0 Å². The predicted molar refractivity (Wildman–Crippen MR) is 80.3 cm³/mol. The van der Waals surface area contributed by atoms with Crippen molar-refractivity contribution < 1.29 is 4.39 Å². The Morgan fingerprint density at radius 1 is 1.10 bits per heavy atom. The Balaban J connectivity index is 2.06. The largest absolute Gasteiger partial charge is 0.343 e. The molecule has 0 saturated carbocycles. The molecule has 0 unspecified atom stereocenters. The number of nitrogens with two attached hydrogens (primary N) is 1. The fourth-order valence-corrected chi connectivity index (χ4v) is 2.63. The maximum Gasteiger partial charge on any atom is 0.129 e. The number of hydrogen-bond acceptors (Lipinski definition) is 1. The third-order valence-corrected chi connectivity index (χ3v) is 3.68. The summed E-state index contributed by atoms with van der Waals surface area (Å²) in [7, 11) is 0. The van der Waals surface area contributed by atoms with Gasteiger partial charge in [-0.1, -0.05) is 35.9 Å². The van der Waals surface area contributed by atoms with Crippen LogP contribution in [-0.4, -0.2) is 4.57 Å². The summed E-state index contributed by atoms with van der Waals surface area (Å²) in [6.45, 7) is 0.925. The molecule has 0 radical (unpaired) electrons. The van der Waals surface area contributed by atoms with E-state index in [1.807, 2.05) is 35.0 Å². The van der Waals surface area contributed by atoms with Crippen molar-refractivity contribution in [3.8, 4) is 0 Å². The first-order valence-electron chi connectivity index (χ1n) is 6.40. The van der Waals surface area contributed by atoms with Crippen LogP contribution in [0.1, 0.15) is 11.1 Å². The van der Waals surface area contributed by atoms with E-state index in [9.17, 15) is 4.39 Å². The molecule has 2 N–H and O–H groups in total. The van der Waals surface area contributed by atoms with E-state index in [0.29, 0.717) is 23.7 Å². The molecule has 0 aliphatic heterocycles. The molecule has 0 aliphatic rings. The number of halogens is 2. The van der Waals surface area contributed by atoms with Crippen molar-refractivity contribution in [3.63, 3.8) is 0 Å². The lowest BCUT2D eigenvalue weighted by atomic mass is 10.1. The van der Waals surface area contributed by atoms with E-state index < -0.39 is 0 Å². The fourth-order valence-electron chi connectivity index (χ4n) is 2.47. The van der Waals surface area contributed by atoms with Gasteiger partial charge in [-0.05, 0) is 29.1 Å². The Labute approximate surface area is 121 Å². The molecular formula is C16H14ClFN2. The predicted octanol–water partition coefficient (Wildman–Crippen LogP) is 3.94. The lowest BCUT2D eigenvalue weighted by Crippen LogP contribution is -2.04. The van der Waals surface area contributed by atoms with Gasteiger partial charge in [0, 0.05) is 23.3 Å². The van der Waals surface area contributed by atoms with Crippen LogP contribution < -0.4 is 5.73 Å². The highest BCUT2D eigenvalue weighted by atomic mass is 35.5. The van der Waals surface area contributed by atoms with E-state index >= 15 is 0 Å². The van der Waals surface area contributed by atoms with Gasteiger partial charge in [-0.2, -0.15) is 0 Å². The van der Waals surface area contributed by atoms with Crippen LogP contribution in [0.2, 0.25) is 5.02 Å². The lowest BCUT2D eigenvalue weighted by molar-refractivity contribution is 0.602. The molecule has 2 nitrogen and oxygen atoms in total. The minimum absolute atomic E-state index is 0.287. The van der Waals surface area contributed by atoms with Gasteiger partial charge >= 0.3 is 0 Å². The first-order valence-corrected chi connectivity index (χ1v) is 6.77. The van der Waals surface area contributed by atoms with Gasteiger partial charge in [0.25, 0.3) is 0 Å². The maximum absolute atomic E-state index is 13.9. The quantitative estimate of drug-likeness (QED) is 0.777. The number of para-hydroxylation sites is 1.